The van der Waals surface area contributed by atoms with E-state index in [9.17, 15) is 18.7 Å². The Hall–Kier alpha value is -3.47. The molecule has 3 nitrogen and oxygen atoms in total. The van der Waals surface area contributed by atoms with Crippen molar-refractivity contribution in [1.82, 2.24) is 4.90 Å². The van der Waals surface area contributed by atoms with E-state index in [4.69, 9.17) is 0 Å². The van der Waals surface area contributed by atoms with Gasteiger partial charge in [-0.15, -0.1) is 0 Å². The van der Waals surface area contributed by atoms with Crippen molar-refractivity contribution >= 4 is 11.5 Å². The Kier molecular flexibility index (Phi) is 4.65. The van der Waals surface area contributed by atoms with E-state index in [-0.39, 0.29) is 17.7 Å². The minimum atomic E-state index is -0.820. The normalized spacial score (nSPS) is 16.7. The smallest absolute Gasteiger partial charge is 0.290 e. The predicted molar refractivity (Wildman–Crippen MR) is 102 cm³/mol. The molecule has 0 saturated heterocycles. The topological polar surface area (TPSA) is 40.5 Å². The van der Waals surface area contributed by atoms with Gasteiger partial charge in [-0.25, -0.2) is 8.78 Å². The van der Waals surface area contributed by atoms with E-state index in [0.717, 1.165) is 5.56 Å². The molecule has 0 spiro atoms. The molecule has 0 fully saturated rings. The Morgan fingerprint density at radius 3 is 2.18 bits per heavy atom. The van der Waals surface area contributed by atoms with Crippen molar-refractivity contribution in [2.24, 2.45) is 0 Å². The number of aliphatic hydroxyl groups excluding tert-OH is 1. The minimum Gasteiger partial charge on any atom is -0.503 e. The third-order valence-electron chi connectivity index (χ3n) is 4.85. The summed E-state index contributed by atoms with van der Waals surface area (Å²) in [5, 5.41) is 10.6. The maximum absolute atomic E-state index is 14.7. The van der Waals surface area contributed by atoms with Crippen LogP contribution in [0.4, 0.5) is 8.78 Å². The highest BCUT2D eigenvalue weighted by molar-refractivity contribution is 6.05. The predicted octanol–water partition coefficient (Wildman–Crippen LogP) is 5.02. The first-order valence-electron chi connectivity index (χ1n) is 8.84. The van der Waals surface area contributed by atoms with E-state index in [1.165, 1.54) is 35.2 Å². The third-order valence-corrected chi connectivity index (χ3v) is 4.85. The molecule has 0 bridgehead atoms. The molecule has 1 heterocycles. The van der Waals surface area contributed by atoms with Gasteiger partial charge in [0, 0.05) is 17.7 Å². The molecule has 1 amide bonds. The van der Waals surface area contributed by atoms with Gasteiger partial charge in [0.2, 0.25) is 0 Å². The second-order valence-corrected chi connectivity index (χ2v) is 6.61. The van der Waals surface area contributed by atoms with E-state index < -0.39 is 29.3 Å². The second kappa shape index (κ2) is 7.27. The molecule has 0 unspecified atom stereocenters. The lowest BCUT2D eigenvalue weighted by atomic mass is 9.93. The number of benzene rings is 3. The van der Waals surface area contributed by atoms with Gasteiger partial charge in [0.25, 0.3) is 5.91 Å². The molecule has 28 heavy (non-hydrogen) atoms. The fraction of sp³-hybridized carbons (Fsp3) is 0.0870. The summed E-state index contributed by atoms with van der Waals surface area (Å²) in [5.41, 5.74) is 1.86. The Balaban J connectivity index is 1.84. The first kappa shape index (κ1) is 17.9. The molecule has 3 aromatic carbocycles. The number of halogens is 2. The van der Waals surface area contributed by atoms with Crippen LogP contribution in [-0.4, -0.2) is 15.9 Å². The quantitative estimate of drug-likeness (QED) is 0.694. The standard InChI is InChI=1S/C23H17F2NO2/c24-17-12-10-16(11-13-17)20-21(18-8-4-5-9-19(18)25)26(23(28)22(20)27)14-15-6-2-1-3-7-15/h1-13,21,27H,14H2/t21-/m0/s1. The SMILES string of the molecule is O=C1C(O)=C(c2ccc(F)cc2)[C@H](c2ccccc2F)N1Cc1ccccc1. The van der Waals surface area contributed by atoms with Crippen LogP contribution in [0, 0.1) is 11.6 Å². The molecule has 1 N–H and O–H groups in total. The minimum absolute atomic E-state index is 0.202. The summed E-state index contributed by atoms with van der Waals surface area (Å²) in [6.45, 7) is 0.202. The highest BCUT2D eigenvalue weighted by Gasteiger charge is 2.42. The van der Waals surface area contributed by atoms with Crippen LogP contribution in [0.15, 0.2) is 84.6 Å². The van der Waals surface area contributed by atoms with Gasteiger partial charge in [-0.05, 0) is 29.3 Å². The summed E-state index contributed by atoms with van der Waals surface area (Å²) >= 11 is 0. The van der Waals surface area contributed by atoms with Gasteiger partial charge in [-0.1, -0.05) is 60.7 Å². The summed E-state index contributed by atoms with van der Waals surface area (Å²) < 4.78 is 28.0. The van der Waals surface area contributed by atoms with Crippen LogP contribution < -0.4 is 0 Å². The number of hydrogen-bond donors (Lipinski definition) is 1. The zero-order valence-electron chi connectivity index (χ0n) is 14.8. The maximum atomic E-state index is 14.7. The van der Waals surface area contributed by atoms with E-state index in [2.05, 4.69) is 0 Å². The fourth-order valence-corrected chi connectivity index (χ4v) is 3.54. The van der Waals surface area contributed by atoms with Gasteiger partial charge in [-0.3, -0.25) is 4.79 Å². The summed E-state index contributed by atoms with van der Waals surface area (Å²) in [5.74, 6) is -1.95. The molecule has 1 aliphatic rings. The maximum Gasteiger partial charge on any atom is 0.290 e. The van der Waals surface area contributed by atoms with Crippen molar-refractivity contribution in [1.29, 1.82) is 0 Å². The molecule has 0 saturated carbocycles. The van der Waals surface area contributed by atoms with Gasteiger partial charge in [-0.2, -0.15) is 0 Å². The van der Waals surface area contributed by atoms with Crippen molar-refractivity contribution < 1.29 is 18.7 Å². The van der Waals surface area contributed by atoms with Gasteiger partial charge < -0.3 is 10.0 Å². The lowest BCUT2D eigenvalue weighted by Crippen LogP contribution is -2.30. The third kappa shape index (κ3) is 3.16. The van der Waals surface area contributed by atoms with Gasteiger partial charge in [0.1, 0.15) is 11.6 Å². The van der Waals surface area contributed by atoms with Crippen LogP contribution in [0.25, 0.3) is 5.57 Å². The van der Waals surface area contributed by atoms with Crippen molar-refractivity contribution in [3.63, 3.8) is 0 Å². The molecule has 0 aromatic heterocycles. The van der Waals surface area contributed by atoms with Crippen LogP contribution in [-0.2, 0) is 11.3 Å². The van der Waals surface area contributed by atoms with Crippen LogP contribution in [0.1, 0.15) is 22.7 Å². The number of rotatable bonds is 4. The van der Waals surface area contributed by atoms with E-state index in [1.54, 1.807) is 18.2 Å². The van der Waals surface area contributed by atoms with E-state index in [1.807, 2.05) is 30.3 Å². The Morgan fingerprint density at radius 1 is 0.857 bits per heavy atom. The van der Waals surface area contributed by atoms with Gasteiger partial charge >= 0.3 is 0 Å². The van der Waals surface area contributed by atoms with Crippen molar-refractivity contribution in [3.05, 3.63) is 113 Å². The lowest BCUT2D eigenvalue weighted by Gasteiger charge is -2.27. The molecule has 5 heteroatoms. The van der Waals surface area contributed by atoms with Crippen molar-refractivity contribution in [2.45, 2.75) is 12.6 Å². The number of hydrogen-bond acceptors (Lipinski definition) is 2. The van der Waals surface area contributed by atoms with Crippen LogP contribution >= 0.6 is 0 Å². The average molecular weight is 377 g/mol. The largest absolute Gasteiger partial charge is 0.503 e. The number of amides is 1. The second-order valence-electron chi connectivity index (χ2n) is 6.61. The van der Waals surface area contributed by atoms with Gasteiger partial charge in [0.15, 0.2) is 5.76 Å². The summed E-state index contributed by atoms with van der Waals surface area (Å²) in [7, 11) is 0. The Morgan fingerprint density at radius 2 is 1.50 bits per heavy atom. The molecule has 1 aliphatic heterocycles. The number of aliphatic hydroxyl groups is 1. The lowest BCUT2D eigenvalue weighted by molar-refractivity contribution is -0.130. The van der Waals surface area contributed by atoms with Crippen molar-refractivity contribution in [3.8, 4) is 0 Å². The van der Waals surface area contributed by atoms with E-state index in [0.29, 0.717) is 5.56 Å². The average Bonchev–Trinajstić information content (AvgIpc) is 2.95. The first-order valence-corrected chi connectivity index (χ1v) is 8.84. The first-order chi connectivity index (χ1) is 13.6. The Labute approximate surface area is 161 Å². The van der Waals surface area contributed by atoms with Crippen LogP contribution in [0.5, 0.6) is 0 Å². The van der Waals surface area contributed by atoms with E-state index >= 15 is 0 Å². The van der Waals surface area contributed by atoms with Gasteiger partial charge in [0.05, 0.1) is 6.04 Å². The summed E-state index contributed by atoms with van der Waals surface area (Å²) in [6.07, 6.45) is 0. The molecule has 0 radical (unpaired) electrons. The number of carbonyl (C=O) groups excluding carboxylic acids is 1. The summed E-state index contributed by atoms with van der Waals surface area (Å²) in [4.78, 5) is 14.3. The molecule has 3 aromatic rings. The van der Waals surface area contributed by atoms with Crippen molar-refractivity contribution in [2.75, 3.05) is 0 Å². The number of carbonyl (C=O) groups is 1. The van der Waals surface area contributed by atoms with Crippen LogP contribution in [0.3, 0.4) is 0 Å². The Bertz CT molecular complexity index is 1050. The zero-order chi connectivity index (χ0) is 19.7. The number of nitrogens with zero attached hydrogens (tertiary/aromatic N) is 1. The van der Waals surface area contributed by atoms with Crippen LogP contribution in [0.2, 0.25) is 0 Å². The molecular weight excluding hydrogens is 360 g/mol. The molecule has 4 rings (SSSR count). The molecule has 140 valence electrons. The molecule has 0 aliphatic carbocycles. The monoisotopic (exact) mass is 377 g/mol. The molecular formula is C23H17F2NO2. The highest BCUT2D eigenvalue weighted by Crippen LogP contribution is 2.44. The molecule has 1 atom stereocenters. The summed E-state index contributed by atoms with van der Waals surface area (Å²) in [6, 6.07) is 20.1. The fourth-order valence-electron chi connectivity index (χ4n) is 3.54. The zero-order valence-corrected chi connectivity index (χ0v) is 14.8. The highest BCUT2D eigenvalue weighted by atomic mass is 19.1.